The van der Waals surface area contributed by atoms with E-state index in [-0.39, 0.29) is 0 Å². The fraction of sp³-hybridized carbons (Fsp3) is 1.00. The van der Waals surface area contributed by atoms with Gasteiger partial charge in [0.15, 0.2) is 0 Å². The molecule has 0 bridgehead atoms. The largest absolute Gasteiger partial charge is 0.314 e. The minimum absolute atomic E-state index is 0.649. The molecule has 0 fully saturated rings. The predicted molar refractivity (Wildman–Crippen MR) is 65.5 cm³/mol. The Balaban J connectivity index is 3.77. The van der Waals surface area contributed by atoms with Crippen molar-refractivity contribution >= 4 is 0 Å². The Morgan fingerprint density at radius 1 is 0.929 bits per heavy atom. The molecule has 0 aromatic heterocycles. The van der Waals surface area contributed by atoms with Crippen molar-refractivity contribution in [2.45, 2.75) is 60.4 Å². The van der Waals surface area contributed by atoms with Gasteiger partial charge in [0.2, 0.25) is 0 Å². The van der Waals surface area contributed by atoms with E-state index in [1.165, 1.54) is 19.4 Å². The number of nitrogens with one attached hydrogen (secondary N) is 1. The van der Waals surface area contributed by atoms with Crippen LogP contribution < -0.4 is 5.32 Å². The zero-order chi connectivity index (χ0) is 11.1. The standard InChI is InChI=1S/C13H29N/c1-7-13(8-2)9-14-12(6)11(5)10(3)4/h10-14H,7-9H2,1-6H3. The molecule has 1 N–H and O–H groups in total. The third kappa shape index (κ3) is 4.99. The molecule has 2 atom stereocenters. The van der Waals surface area contributed by atoms with Crippen LogP contribution in [0.4, 0.5) is 0 Å². The van der Waals surface area contributed by atoms with Crippen LogP contribution >= 0.6 is 0 Å². The molecular weight excluding hydrogens is 170 g/mol. The minimum atomic E-state index is 0.649. The average molecular weight is 199 g/mol. The van der Waals surface area contributed by atoms with E-state index < -0.39 is 0 Å². The van der Waals surface area contributed by atoms with Gasteiger partial charge in [0, 0.05) is 6.04 Å². The van der Waals surface area contributed by atoms with Gasteiger partial charge in [-0.1, -0.05) is 47.5 Å². The molecule has 1 heteroatoms. The molecule has 0 rings (SSSR count). The molecule has 0 saturated carbocycles. The van der Waals surface area contributed by atoms with Crippen molar-refractivity contribution in [2.75, 3.05) is 6.54 Å². The highest BCUT2D eigenvalue weighted by atomic mass is 14.9. The molecular formula is C13H29N. The van der Waals surface area contributed by atoms with Crippen LogP contribution in [-0.2, 0) is 0 Å². The van der Waals surface area contributed by atoms with Gasteiger partial charge in [-0.3, -0.25) is 0 Å². The van der Waals surface area contributed by atoms with Crippen LogP contribution in [-0.4, -0.2) is 12.6 Å². The third-order valence-electron chi connectivity index (χ3n) is 3.72. The molecule has 0 radical (unpaired) electrons. The van der Waals surface area contributed by atoms with Gasteiger partial charge in [-0.25, -0.2) is 0 Å². The topological polar surface area (TPSA) is 12.0 Å². The first-order valence-electron chi connectivity index (χ1n) is 6.26. The molecule has 2 unspecified atom stereocenters. The summed E-state index contributed by atoms with van der Waals surface area (Å²) in [5.74, 6) is 2.40. The molecule has 0 aromatic rings. The smallest absolute Gasteiger partial charge is 0.00669 e. The van der Waals surface area contributed by atoms with Gasteiger partial charge >= 0.3 is 0 Å². The Kier molecular flexibility index (Phi) is 7.26. The van der Waals surface area contributed by atoms with Crippen LogP contribution in [0.2, 0.25) is 0 Å². The van der Waals surface area contributed by atoms with Crippen molar-refractivity contribution in [3.63, 3.8) is 0 Å². The van der Waals surface area contributed by atoms with Gasteiger partial charge in [-0.15, -0.1) is 0 Å². The van der Waals surface area contributed by atoms with Gasteiger partial charge in [0.05, 0.1) is 0 Å². The zero-order valence-electron chi connectivity index (χ0n) is 10.9. The summed E-state index contributed by atoms with van der Waals surface area (Å²) in [5, 5.41) is 3.67. The zero-order valence-corrected chi connectivity index (χ0v) is 10.9. The summed E-state index contributed by atoms with van der Waals surface area (Å²) < 4.78 is 0. The quantitative estimate of drug-likeness (QED) is 0.659. The maximum Gasteiger partial charge on any atom is 0.00669 e. The summed E-state index contributed by atoms with van der Waals surface area (Å²) in [4.78, 5) is 0. The van der Waals surface area contributed by atoms with E-state index in [0.29, 0.717) is 6.04 Å². The molecule has 1 nitrogen and oxygen atoms in total. The summed E-state index contributed by atoms with van der Waals surface area (Å²) >= 11 is 0. The Morgan fingerprint density at radius 3 is 1.79 bits per heavy atom. The van der Waals surface area contributed by atoms with Crippen molar-refractivity contribution in [1.82, 2.24) is 5.32 Å². The summed E-state index contributed by atoms with van der Waals surface area (Å²) in [6.07, 6.45) is 2.60. The Labute approximate surface area is 90.7 Å². The first kappa shape index (κ1) is 14.0. The van der Waals surface area contributed by atoms with Crippen LogP contribution in [0.1, 0.15) is 54.4 Å². The van der Waals surface area contributed by atoms with Crippen LogP contribution in [0.15, 0.2) is 0 Å². The molecule has 14 heavy (non-hydrogen) atoms. The first-order chi connectivity index (χ1) is 6.52. The minimum Gasteiger partial charge on any atom is -0.314 e. The van der Waals surface area contributed by atoms with Crippen molar-refractivity contribution < 1.29 is 0 Å². The second-order valence-electron chi connectivity index (χ2n) is 4.98. The molecule has 0 aliphatic heterocycles. The van der Waals surface area contributed by atoms with E-state index in [9.17, 15) is 0 Å². The van der Waals surface area contributed by atoms with Crippen molar-refractivity contribution in [2.24, 2.45) is 17.8 Å². The number of rotatable bonds is 7. The fourth-order valence-electron chi connectivity index (χ4n) is 1.69. The molecule has 0 spiro atoms. The highest BCUT2D eigenvalue weighted by Gasteiger charge is 2.15. The van der Waals surface area contributed by atoms with Crippen LogP contribution in [0, 0.1) is 17.8 Å². The van der Waals surface area contributed by atoms with Crippen molar-refractivity contribution in [3.05, 3.63) is 0 Å². The lowest BCUT2D eigenvalue weighted by atomic mass is 9.91. The monoisotopic (exact) mass is 199 g/mol. The van der Waals surface area contributed by atoms with Crippen LogP contribution in [0.25, 0.3) is 0 Å². The lowest BCUT2D eigenvalue weighted by molar-refractivity contribution is 0.296. The Hall–Kier alpha value is -0.0400. The van der Waals surface area contributed by atoms with E-state index >= 15 is 0 Å². The Morgan fingerprint density at radius 2 is 1.43 bits per heavy atom. The molecule has 0 aromatic carbocycles. The van der Waals surface area contributed by atoms with Crippen LogP contribution in [0.5, 0.6) is 0 Å². The van der Waals surface area contributed by atoms with Gasteiger partial charge in [0.25, 0.3) is 0 Å². The highest BCUT2D eigenvalue weighted by molar-refractivity contribution is 4.72. The van der Waals surface area contributed by atoms with E-state index in [2.05, 4.69) is 46.9 Å². The first-order valence-corrected chi connectivity index (χ1v) is 6.26. The Bertz CT molecular complexity index is 127. The molecule has 0 heterocycles. The molecule has 86 valence electrons. The summed E-state index contributed by atoms with van der Waals surface area (Å²) in [6, 6.07) is 0.649. The lowest BCUT2D eigenvalue weighted by Crippen LogP contribution is -2.37. The second-order valence-corrected chi connectivity index (χ2v) is 4.98. The van der Waals surface area contributed by atoms with Gasteiger partial charge in [0.1, 0.15) is 0 Å². The van der Waals surface area contributed by atoms with Gasteiger partial charge < -0.3 is 5.32 Å². The average Bonchev–Trinajstić information content (AvgIpc) is 2.17. The van der Waals surface area contributed by atoms with Crippen molar-refractivity contribution in [1.29, 1.82) is 0 Å². The second kappa shape index (κ2) is 7.28. The normalized spacial score (nSPS) is 16.3. The number of hydrogen-bond acceptors (Lipinski definition) is 1. The van der Waals surface area contributed by atoms with Gasteiger partial charge in [-0.2, -0.15) is 0 Å². The van der Waals surface area contributed by atoms with E-state index in [1.54, 1.807) is 0 Å². The maximum atomic E-state index is 3.67. The summed E-state index contributed by atoms with van der Waals surface area (Å²) in [5.41, 5.74) is 0. The predicted octanol–water partition coefficient (Wildman–Crippen LogP) is 3.69. The van der Waals surface area contributed by atoms with Crippen LogP contribution in [0.3, 0.4) is 0 Å². The third-order valence-corrected chi connectivity index (χ3v) is 3.72. The summed E-state index contributed by atoms with van der Waals surface area (Å²) in [7, 11) is 0. The molecule has 0 saturated heterocycles. The highest BCUT2D eigenvalue weighted by Crippen LogP contribution is 2.15. The van der Waals surface area contributed by atoms with Gasteiger partial charge in [-0.05, 0) is 31.2 Å². The SMILES string of the molecule is CCC(CC)CNC(C)C(C)C(C)C. The van der Waals surface area contributed by atoms with Crippen molar-refractivity contribution in [3.8, 4) is 0 Å². The van der Waals surface area contributed by atoms with E-state index in [1.807, 2.05) is 0 Å². The molecule has 0 aliphatic carbocycles. The lowest BCUT2D eigenvalue weighted by Gasteiger charge is -2.26. The van der Waals surface area contributed by atoms with E-state index in [0.717, 1.165) is 17.8 Å². The number of hydrogen-bond donors (Lipinski definition) is 1. The summed E-state index contributed by atoms with van der Waals surface area (Å²) in [6.45, 7) is 15.0. The maximum absolute atomic E-state index is 3.67. The van der Waals surface area contributed by atoms with E-state index in [4.69, 9.17) is 0 Å². The molecule has 0 aliphatic rings. The molecule has 0 amide bonds. The fourth-order valence-corrected chi connectivity index (χ4v) is 1.69.